The third-order valence-electron chi connectivity index (χ3n) is 2.58. The normalized spacial score (nSPS) is 10.7. The zero-order valence-corrected chi connectivity index (χ0v) is 12.0. The first-order valence-electron chi connectivity index (χ1n) is 6.47. The molecular formula is C16H16N4O. The highest BCUT2D eigenvalue weighted by molar-refractivity contribution is 5.96. The molecule has 2 heterocycles. The summed E-state index contributed by atoms with van der Waals surface area (Å²) in [7, 11) is 0. The van der Waals surface area contributed by atoms with Crippen LogP contribution in [0.25, 0.3) is 0 Å². The van der Waals surface area contributed by atoms with Gasteiger partial charge in [0.1, 0.15) is 17.2 Å². The third-order valence-corrected chi connectivity index (χ3v) is 2.58. The van der Waals surface area contributed by atoms with Crippen molar-refractivity contribution in [1.29, 1.82) is 0 Å². The Bertz CT molecular complexity index is 713. The highest BCUT2D eigenvalue weighted by Crippen LogP contribution is 2.01. The van der Waals surface area contributed by atoms with E-state index >= 15 is 0 Å². The summed E-state index contributed by atoms with van der Waals surface area (Å²) in [6.07, 6.45) is 0. The average molecular weight is 280 g/mol. The van der Waals surface area contributed by atoms with Crippen LogP contribution in [-0.4, -0.2) is 22.3 Å². The van der Waals surface area contributed by atoms with Gasteiger partial charge in [-0.05, 0) is 44.0 Å². The van der Waals surface area contributed by atoms with Gasteiger partial charge in [0.05, 0.1) is 5.69 Å². The van der Waals surface area contributed by atoms with Gasteiger partial charge in [0.15, 0.2) is 6.61 Å². The molecule has 2 aromatic rings. The number of aryl methyl sites for hydroxylation is 1. The van der Waals surface area contributed by atoms with Gasteiger partial charge in [-0.15, -0.1) is 0 Å². The van der Waals surface area contributed by atoms with Gasteiger partial charge in [-0.2, -0.15) is 0 Å². The molecule has 0 spiro atoms. The molecule has 0 radical (unpaired) electrons. The number of nitrogen functional groups attached to an aromatic ring is 1. The molecule has 5 heteroatoms. The predicted molar refractivity (Wildman–Crippen MR) is 82.7 cm³/mol. The quantitative estimate of drug-likeness (QED) is 0.405. The summed E-state index contributed by atoms with van der Waals surface area (Å²) in [5, 5.41) is 3.99. The molecule has 0 aliphatic heterocycles. The molecule has 0 saturated heterocycles. The average Bonchev–Trinajstić information content (AvgIpc) is 2.47. The fourth-order valence-electron chi connectivity index (χ4n) is 1.60. The van der Waals surface area contributed by atoms with Gasteiger partial charge in [-0.1, -0.05) is 23.2 Å². The van der Waals surface area contributed by atoms with Crippen molar-refractivity contribution in [2.24, 2.45) is 5.16 Å². The molecule has 2 rings (SSSR count). The van der Waals surface area contributed by atoms with Crippen molar-refractivity contribution in [3.05, 3.63) is 53.5 Å². The van der Waals surface area contributed by atoms with Crippen molar-refractivity contribution in [1.82, 2.24) is 9.97 Å². The second-order valence-electron chi connectivity index (χ2n) is 4.36. The van der Waals surface area contributed by atoms with E-state index in [4.69, 9.17) is 10.6 Å². The van der Waals surface area contributed by atoms with Crippen LogP contribution in [0.4, 0.5) is 5.82 Å². The first-order chi connectivity index (χ1) is 10.1. The molecule has 0 atom stereocenters. The highest BCUT2D eigenvalue weighted by atomic mass is 16.6. The van der Waals surface area contributed by atoms with Crippen LogP contribution in [-0.2, 0) is 4.84 Å². The molecule has 2 N–H and O–H groups in total. The number of oxime groups is 1. The standard InChI is InChI=1S/C16H16N4O/c1-12-6-3-9-15(18-12)13(2)20-21-11-5-8-14-7-4-10-16(17)19-14/h3-4,6-7,9-10H,11H2,1-2H3,(H2,17,19). The van der Waals surface area contributed by atoms with Crippen LogP contribution in [0.3, 0.4) is 0 Å². The fraction of sp³-hybridized carbons (Fsp3) is 0.188. The van der Waals surface area contributed by atoms with Crippen molar-refractivity contribution in [2.75, 3.05) is 12.3 Å². The van der Waals surface area contributed by atoms with Crippen LogP contribution in [0, 0.1) is 18.8 Å². The Balaban J connectivity index is 1.91. The number of rotatable bonds is 3. The van der Waals surface area contributed by atoms with Gasteiger partial charge in [-0.3, -0.25) is 4.98 Å². The summed E-state index contributed by atoms with van der Waals surface area (Å²) >= 11 is 0. The van der Waals surface area contributed by atoms with Gasteiger partial charge in [0.25, 0.3) is 0 Å². The van der Waals surface area contributed by atoms with E-state index in [2.05, 4.69) is 27.0 Å². The van der Waals surface area contributed by atoms with Gasteiger partial charge in [0, 0.05) is 5.69 Å². The van der Waals surface area contributed by atoms with E-state index in [0.29, 0.717) is 17.2 Å². The first-order valence-corrected chi connectivity index (χ1v) is 6.47. The molecule has 0 unspecified atom stereocenters. The van der Waals surface area contributed by atoms with Crippen molar-refractivity contribution < 1.29 is 4.84 Å². The van der Waals surface area contributed by atoms with Crippen LogP contribution in [0.15, 0.2) is 41.6 Å². The minimum absolute atomic E-state index is 0.180. The summed E-state index contributed by atoms with van der Waals surface area (Å²) in [6.45, 7) is 3.95. The molecule has 0 fully saturated rings. The zero-order valence-electron chi connectivity index (χ0n) is 12.0. The number of anilines is 1. The van der Waals surface area contributed by atoms with Crippen molar-refractivity contribution in [3.8, 4) is 11.8 Å². The van der Waals surface area contributed by atoms with Gasteiger partial charge >= 0.3 is 0 Å². The van der Waals surface area contributed by atoms with E-state index in [-0.39, 0.29) is 6.61 Å². The van der Waals surface area contributed by atoms with Crippen molar-refractivity contribution in [3.63, 3.8) is 0 Å². The summed E-state index contributed by atoms with van der Waals surface area (Å²) in [5.74, 6) is 6.13. The molecule has 0 amide bonds. The maximum atomic E-state index is 5.57. The Morgan fingerprint density at radius 1 is 1.24 bits per heavy atom. The highest BCUT2D eigenvalue weighted by Gasteiger charge is 1.99. The number of aromatic nitrogens is 2. The van der Waals surface area contributed by atoms with Gasteiger partial charge < -0.3 is 10.6 Å². The van der Waals surface area contributed by atoms with Crippen molar-refractivity contribution >= 4 is 11.5 Å². The third kappa shape index (κ3) is 4.62. The fourth-order valence-corrected chi connectivity index (χ4v) is 1.60. The van der Waals surface area contributed by atoms with Gasteiger partial charge in [0.2, 0.25) is 0 Å². The Morgan fingerprint density at radius 2 is 2.05 bits per heavy atom. The SMILES string of the molecule is CC(=NOCC#Cc1cccc(N)n1)c1cccc(C)n1. The Morgan fingerprint density at radius 3 is 2.81 bits per heavy atom. The molecule has 0 aromatic carbocycles. The van der Waals surface area contributed by atoms with E-state index in [9.17, 15) is 0 Å². The largest absolute Gasteiger partial charge is 0.384 e. The summed E-state index contributed by atoms with van der Waals surface area (Å²) in [4.78, 5) is 13.6. The van der Waals surface area contributed by atoms with Gasteiger partial charge in [-0.25, -0.2) is 4.98 Å². The maximum absolute atomic E-state index is 5.57. The van der Waals surface area contributed by atoms with E-state index in [1.165, 1.54) is 0 Å². The topological polar surface area (TPSA) is 73.4 Å². The lowest BCUT2D eigenvalue weighted by atomic mass is 10.2. The summed E-state index contributed by atoms with van der Waals surface area (Å²) < 4.78 is 0. The molecule has 106 valence electrons. The summed E-state index contributed by atoms with van der Waals surface area (Å²) in [5.41, 5.74) is 8.62. The summed E-state index contributed by atoms with van der Waals surface area (Å²) in [6, 6.07) is 11.1. The maximum Gasteiger partial charge on any atom is 0.177 e. The smallest absolute Gasteiger partial charge is 0.177 e. The predicted octanol–water partition coefficient (Wildman–Crippen LogP) is 2.16. The van der Waals surface area contributed by atoms with E-state index in [1.54, 1.807) is 18.2 Å². The molecule has 5 nitrogen and oxygen atoms in total. The lowest BCUT2D eigenvalue weighted by Gasteiger charge is -2.00. The number of hydrogen-bond acceptors (Lipinski definition) is 5. The van der Waals surface area contributed by atoms with E-state index < -0.39 is 0 Å². The van der Waals surface area contributed by atoms with Crippen LogP contribution in [0.1, 0.15) is 24.0 Å². The molecule has 0 saturated carbocycles. The number of nitrogens with zero attached hydrogens (tertiary/aromatic N) is 3. The van der Waals surface area contributed by atoms with E-state index in [1.807, 2.05) is 32.0 Å². The van der Waals surface area contributed by atoms with Crippen LogP contribution in [0.2, 0.25) is 0 Å². The Hall–Kier alpha value is -2.87. The van der Waals surface area contributed by atoms with Crippen LogP contribution < -0.4 is 5.73 Å². The number of nitrogens with two attached hydrogens (primary N) is 1. The minimum Gasteiger partial charge on any atom is -0.384 e. The molecular weight excluding hydrogens is 264 g/mol. The lowest BCUT2D eigenvalue weighted by molar-refractivity contribution is 0.179. The Labute approximate surface area is 123 Å². The number of pyridine rings is 2. The molecule has 21 heavy (non-hydrogen) atoms. The molecule has 0 aliphatic rings. The Kier molecular flexibility index (Phi) is 4.89. The monoisotopic (exact) mass is 280 g/mol. The van der Waals surface area contributed by atoms with Crippen LogP contribution >= 0.6 is 0 Å². The minimum atomic E-state index is 0.180. The molecule has 0 bridgehead atoms. The first kappa shape index (κ1) is 14.5. The number of hydrogen-bond donors (Lipinski definition) is 1. The van der Waals surface area contributed by atoms with Crippen molar-refractivity contribution in [2.45, 2.75) is 13.8 Å². The van der Waals surface area contributed by atoms with E-state index in [0.717, 1.165) is 11.4 Å². The second-order valence-corrected chi connectivity index (χ2v) is 4.36. The second kappa shape index (κ2) is 7.06. The lowest BCUT2D eigenvalue weighted by Crippen LogP contribution is -2.00. The molecule has 0 aliphatic carbocycles. The van der Waals surface area contributed by atoms with Crippen LogP contribution in [0.5, 0.6) is 0 Å². The molecule has 2 aromatic heterocycles. The zero-order chi connectivity index (χ0) is 15.1.